The Bertz CT molecular complexity index is 1010. The molecule has 0 atom stereocenters. The van der Waals surface area contributed by atoms with Crippen LogP contribution >= 0.6 is 11.8 Å². The summed E-state index contributed by atoms with van der Waals surface area (Å²) < 4.78 is 5.21. The Balaban J connectivity index is 1.34. The molecule has 0 bridgehead atoms. The van der Waals surface area contributed by atoms with Crippen molar-refractivity contribution >= 4 is 35.0 Å². The molecule has 0 aliphatic carbocycles. The van der Waals surface area contributed by atoms with E-state index in [9.17, 15) is 4.79 Å². The number of nitrogens with two attached hydrogens (primary N) is 1. The lowest BCUT2D eigenvalue weighted by molar-refractivity contribution is -0.127. The van der Waals surface area contributed by atoms with Crippen LogP contribution in [0.25, 0.3) is 11.4 Å². The molecule has 2 aliphatic heterocycles. The van der Waals surface area contributed by atoms with Gasteiger partial charge in [0.15, 0.2) is 0 Å². The van der Waals surface area contributed by atoms with Gasteiger partial charge in [0.05, 0.1) is 24.2 Å². The van der Waals surface area contributed by atoms with Crippen LogP contribution in [0.3, 0.4) is 0 Å². The van der Waals surface area contributed by atoms with E-state index >= 15 is 0 Å². The van der Waals surface area contributed by atoms with Gasteiger partial charge in [-0.15, -0.1) is 0 Å². The summed E-state index contributed by atoms with van der Waals surface area (Å²) in [6.07, 6.45) is 4.18. The number of likely N-dealkylation sites (tertiary alicyclic amines) is 1. The third-order valence-electron chi connectivity index (χ3n) is 5.18. The second-order valence-corrected chi connectivity index (χ2v) is 8.16. The second-order valence-electron chi connectivity index (χ2n) is 7.28. The number of hydrogen-bond acceptors (Lipinski definition) is 8. The lowest BCUT2D eigenvalue weighted by atomic mass is 10.1. The first kappa shape index (κ1) is 21.0. The average Bonchev–Trinajstić information content (AvgIpc) is 3.46. The number of carbonyl (C=O) groups is 1. The van der Waals surface area contributed by atoms with Gasteiger partial charge in [-0.05, 0) is 48.7 Å². The molecule has 1 aromatic carbocycles. The highest BCUT2D eigenvalue weighted by atomic mass is 32.2. The first-order valence-corrected chi connectivity index (χ1v) is 11.1. The third-order valence-corrected chi connectivity index (χ3v) is 6.09. The van der Waals surface area contributed by atoms with E-state index in [1.54, 1.807) is 19.4 Å². The summed E-state index contributed by atoms with van der Waals surface area (Å²) >= 11 is 1.53. The number of benzene rings is 1. The lowest BCUT2D eigenvalue weighted by Crippen LogP contribution is -2.27. The molecule has 31 heavy (non-hydrogen) atoms. The molecule has 4 N–H and O–H groups in total. The van der Waals surface area contributed by atoms with Gasteiger partial charge in [-0.25, -0.2) is 9.97 Å². The SMILES string of the molecule is COc1ccc(C2=CS/C(=C(/N)c3ccnc(NCCCN4CCCC4=O)n3)N2)cc1. The predicted octanol–water partition coefficient (Wildman–Crippen LogP) is 2.83. The van der Waals surface area contributed by atoms with Gasteiger partial charge in [-0.3, -0.25) is 4.79 Å². The number of methoxy groups -OCH3 is 1. The molecule has 3 heterocycles. The van der Waals surface area contributed by atoms with Crippen molar-refractivity contribution in [2.45, 2.75) is 19.3 Å². The van der Waals surface area contributed by atoms with E-state index in [1.807, 2.05) is 34.6 Å². The van der Waals surface area contributed by atoms with Crippen LogP contribution in [0.5, 0.6) is 5.75 Å². The van der Waals surface area contributed by atoms with Crippen molar-refractivity contribution < 1.29 is 9.53 Å². The maximum absolute atomic E-state index is 11.7. The van der Waals surface area contributed by atoms with E-state index in [0.717, 1.165) is 48.0 Å². The minimum absolute atomic E-state index is 0.252. The van der Waals surface area contributed by atoms with Crippen molar-refractivity contribution in [3.8, 4) is 5.75 Å². The Morgan fingerprint density at radius 2 is 2.16 bits per heavy atom. The number of amides is 1. The van der Waals surface area contributed by atoms with Crippen LogP contribution in [0.1, 0.15) is 30.5 Å². The van der Waals surface area contributed by atoms with E-state index in [-0.39, 0.29) is 5.91 Å². The van der Waals surface area contributed by atoms with Crippen molar-refractivity contribution in [1.82, 2.24) is 20.2 Å². The normalized spacial score (nSPS) is 17.4. The zero-order valence-corrected chi connectivity index (χ0v) is 18.2. The highest BCUT2D eigenvalue weighted by Crippen LogP contribution is 2.33. The first-order chi connectivity index (χ1) is 15.1. The lowest BCUT2D eigenvalue weighted by Gasteiger charge is -2.15. The van der Waals surface area contributed by atoms with Crippen molar-refractivity contribution in [3.63, 3.8) is 0 Å². The number of carbonyl (C=O) groups excluding carboxylic acids is 1. The fourth-order valence-corrected chi connectivity index (χ4v) is 4.29. The Morgan fingerprint density at radius 1 is 1.32 bits per heavy atom. The van der Waals surface area contributed by atoms with E-state index in [2.05, 4.69) is 20.6 Å². The molecule has 0 spiro atoms. The number of nitrogens with zero attached hydrogens (tertiary/aromatic N) is 3. The fourth-order valence-electron chi connectivity index (χ4n) is 3.46. The molecule has 162 valence electrons. The van der Waals surface area contributed by atoms with Gasteiger partial charge in [0.1, 0.15) is 10.8 Å². The minimum Gasteiger partial charge on any atom is -0.497 e. The summed E-state index contributed by atoms with van der Waals surface area (Å²) in [5.41, 5.74) is 9.65. The molecule has 2 aliphatic rings. The zero-order chi connectivity index (χ0) is 21.6. The molecule has 8 nitrogen and oxygen atoms in total. The molecule has 1 amide bonds. The Labute approximate surface area is 186 Å². The van der Waals surface area contributed by atoms with E-state index in [0.29, 0.717) is 30.3 Å². The van der Waals surface area contributed by atoms with Crippen LogP contribution in [-0.4, -0.2) is 47.5 Å². The van der Waals surface area contributed by atoms with Crippen LogP contribution in [0, 0.1) is 0 Å². The van der Waals surface area contributed by atoms with Crippen molar-refractivity contribution in [2.24, 2.45) is 5.73 Å². The summed E-state index contributed by atoms with van der Waals surface area (Å²) in [5, 5.41) is 9.46. The number of hydrogen-bond donors (Lipinski definition) is 3. The largest absolute Gasteiger partial charge is 0.497 e. The summed E-state index contributed by atoms with van der Waals surface area (Å²) in [5.74, 6) is 1.60. The molecule has 1 saturated heterocycles. The molecular weight excluding hydrogens is 412 g/mol. The molecule has 1 aromatic heterocycles. The number of nitrogens with one attached hydrogen (secondary N) is 2. The highest BCUT2D eigenvalue weighted by molar-refractivity contribution is 8.06. The molecule has 1 fully saturated rings. The van der Waals surface area contributed by atoms with Gasteiger partial charge in [0.2, 0.25) is 11.9 Å². The summed E-state index contributed by atoms with van der Waals surface area (Å²) in [4.78, 5) is 22.4. The maximum atomic E-state index is 11.7. The van der Waals surface area contributed by atoms with Crippen LogP contribution in [0.4, 0.5) is 5.95 Å². The molecule has 0 unspecified atom stereocenters. The Hall–Kier alpha value is -3.20. The number of rotatable bonds is 8. The third kappa shape index (κ3) is 5.11. The second kappa shape index (κ2) is 9.74. The molecule has 4 rings (SSSR count). The van der Waals surface area contributed by atoms with Crippen LogP contribution in [0.15, 0.2) is 47.0 Å². The smallest absolute Gasteiger partial charge is 0.223 e. The predicted molar refractivity (Wildman–Crippen MR) is 124 cm³/mol. The summed E-state index contributed by atoms with van der Waals surface area (Å²) in [7, 11) is 1.65. The van der Waals surface area contributed by atoms with Gasteiger partial charge < -0.3 is 26.0 Å². The molecule has 0 radical (unpaired) electrons. The first-order valence-electron chi connectivity index (χ1n) is 10.3. The van der Waals surface area contributed by atoms with E-state index in [4.69, 9.17) is 10.5 Å². The van der Waals surface area contributed by atoms with E-state index in [1.165, 1.54) is 11.8 Å². The zero-order valence-electron chi connectivity index (χ0n) is 17.4. The van der Waals surface area contributed by atoms with Crippen molar-refractivity contribution in [2.75, 3.05) is 32.1 Å². The van der Waals surface area contributed by atoms with Gasteiger partial charge in [0.25, 0.3) is 0 Å². The number of thioether (sulfide) groups is 1. The van der Waals surface area contributed by atoms with Gasteiger partial charge in [-0.1, -0.05) is 11.8 Å². The van der Waals surface area contributed by atoms with Gasteiger partial charge >= 0.3 is 0 Å². The van der Waals surface area contributed by atoms with Crippen LogP contribution in [-0.2, 0) is 4.79 Å². The topological polar surface area (TPSA) is 105 Å². The highest BCUT2D eigenvalue weighted by Gasteiger charge is 2.19. The molecule has 0 saturated carbocycles. The molecule has 9 heteroatoms. The monoisotopic (exact) mass is 438 g/mol. The van der Waals surface area contributed by atoms with Crippen molar-refractivity contribution in [3.05, 3.63) is 58.2 Å². The Morgan fingerprint density at radius 3 is 2.90 bits per heavy atom. The number of ether oxygens (including phenoxy) is 1. The minimum atomic E-state index is 0.252. The van der Waals surface area contributed by atoms with Gasteiger partial charge in [0, 0.05) is 37.7 Å². The standard InChI is InChI=1S/C22H26N6O2S/c1-30-16-7-5-15(6-8-16)18-14-31-21(26-18)20(23)17-9-11-25-22(27-17)24-10-3-13-28-12-2-4-19(28)29/h5-9,11,14,26H,2-4,10,12-13,23H2,1H3,(H,24,25,27)/b21-20+. The maximum Gasteiger partial charge on any atom is 0.223 e. The van der Waals surface area contributed by atoms with E-state index < -0.39 is 0 Å². The average molecular weight is 439 g/mol. The summed E-state index contributed by atoms with van der Waals surface area (Å²) in [6.45, 7) is 2.32. The van der Waals surface area contributed by atoms with Crippen LogP contribution < -0.4 is 21.1 Å². The summed E-state index contributed by atoms with van der Waals surface area (Å²) in [6, 6.07) is 9.65. The molecule has 2 aromatic rings. The Kier molecular flexibility index (Phi) is 6.61. The van der Waals surface area contributed by atoms with Gasteiger partial charge in [-0.2, -0.15) is 0 Å². The van der Waals surface area contributed by atoms with Crippen LogP contribution in [0.2, 0.25) is 0 Å². The molecular formula is C22H26N6O2S. The fraction of sp³-hybridized carbons (Fsp3) is 0.318. The number of aromatic nitrogens is 2. The number of anilines is 1. The quantitative estimate of drug-likeness (QED) is 0.541. The van der Waals surface area contributed by atoms with Crippen molar-refractivity contribution in [1.29, 1.82) is 0 Å².